The summed E-state index contributed by atoms with van der Waals surface area (Å²) in [4.78, 5) is 33.4. The monoisotopic (exact) mass is 563 g/mol. The van der Waals surface area contributed by atoms with Crippen LogP contribution < -0.4 is 10.9 Å². The van der Waals surface area contributed by atoms with Gasteiger partial charge < -0.3 is 5.32 Å². The molecule has 0 spiro atoms. The molecule has 5 rings (SSSR count). The van der Waals surface area contributed by atoms with Crippen LogP contribution in [-0.4, -0.2) is 21.2 Å². The largest absolute Gasteiger partial charge is 0.323 e. The van der Waals surface area contributed by atoms with Crippen molar-refractivity contribution >= 4 is 79.7 Å². The first-order chi connectivity index (χ1) is 16.8. The summed E-state index contributed by atoms with van der Waals surface area (Å²) >= 11 is 21.1. The molecule has 5 nitrogen and oxygen atoms in total. The standard InChI is InChI=1S/C25H20Cl3N3O2S2/c1-13-7-8-16-19(9-13)35-23-21(16)24(33)31(15-5-3-2-4-6-15)25(30-23)34-12-20(32)29-22-17(27)10-14(26)11-18(22)28/h2-6,10-11,13H,7-9,12H2,1H3,(H,29,32). The number of hydrogen-bond donors (Lipinski definition) is 1. The summed E-state index contributed by atoms with van der Waals surface area (Å²) in [6.45, 7) is 2.24. The highest BCUT2D eigenvalue weighted by atomic mass is 35.5. The van der Waals surface area contributed by atoms with Crippen LogP contribution in [0.3, 0.4) is 0 Å². The first-order valence-electron chi connectivity index (χ1n) is 11.0. The molecule has 1 amide bonds. The van der Waals surface area contributed by atoms with E-state index in [4.69, 9.17) is 39.8 Å². The van der Waals surface area contributed by atoms with Crippen LogP contribution >= 0.6 is 57.9 Å². The van der Waals surface area contributed by atoms with Crippen molar-refractivity contribution in [3.05, 3.63) is 78.3 Å². The molecule has 1 atom stereocenters. The van der Waals surface area contributed by atoms with Crippen LogP contribution in [0.4, 0.5) is 5.69 Å². The first-order valence-corrected chi connectivity index (χ1v) is 14.0. The Kier molecular flexibility index (Phi) is 7.15. The molecule has 180 valence electrons. The van der Waals surface area contributed by atoms with Crippen LogP contribution in [0.2, 0.25) is 15.1 Å². The zero-order chi connectivity index (χ0) is 24.7. The molecule has 2 heterocycles. The summed E-state index contributed by atoms with van der Waals surface area (Å²) in [5, 5.41) is 4.78. The normalized spacial score (nSPS) is 15.3. The van der Waals surface area contributed by atoms with E-state index in [1.165, 1.54) is 28.8 Å². The maximum atomic E-state index is 13.8. The number of aromatic nitrogens is 2. The maximum absolute atomic E-state index is 13.8. The number of anilines is 1. The Morgan fingerprint density at radius 3 is 2.63 bits per heavy atom. The van der Waals surface area contributed by atoms with Gasteiger partial charge >= 0.3 is 0 Å². The molecular weight excluding hydrogens is 545 g/mol. The van der Waals surface area contributed by atoms with Crippen LogP contribution in [0.25, 0.3) is 15.9 Å². The number of nitrogens with one attached hydrogen (secondary N) is 1. The van der Waals surface area contributed by atoms with E-state index < -0.39 is 0 Å². The molecule has 1 aliphatic carbocycles. The average molecular weight is 565 g/mol. The van der Waals surface area contributed by atoms with E-state index in [1.807, 2.05) is 30.3 Å². The number of halogens is 3. The van der Waals surface area contributed by atoms with Gasteiger partial charge in [-0.2, -0.15) is 0 Å². The van der Waals surface area contributed by atoms with E-state index >= 15 is 0 Å². The van der Waals surface area contributed by atoms with Gasteiger partial charge in [0, 0.05) is 9.90 Å². The van der Waals surface area contributed by atoms with Gasteiger partial charge in [0.15, 0.2) is 5.16 Å². The predicted molar refractivity (Wildman–Crippen MR) is 147 cm³/mol. The number of carbonyl (C=O) groups excluding carboxylic acids is 1. The highest BCUT2D eigenvalue weighted by molar-refractivity contribution is 7.99. The Bertz CT molecular complexity index is 1480. The smallest absolute Gasteiger partial charge is 0.267 e. The Morgan fingerprint density at radius 2 is 1.91 bits per heavy atom. The van der Waals surface area contributed by atoms with Crippen molar-refractivity contribution in [3.63, 3.8) is 0 Å². The Labute approximate surface area is 225 Å². The van der Waals surface area contributed by atoms with Gasteiger partial charge in [0.05, 0.1) is 32.6 Å². The van der Waals surface area contributed by atoms with Gasteiger partial charge in [0.2, 0.25) is 5.91 Å². The van der Waals surface area contributed by atoms with E-state index in [0.717, 1.165) is 29.7 Å². The van der Waals surface area contributed by atoms with Crippen molar-refractivity contribution in [1.29, 1.82) is 0 Å². The quantitative estimate of drug-likeness (QED) is 0.205. The molecule has 2 aromatic heterocycles. The van der Waals surface area contributed by atoms with Gasteiger partial charge in [-0.3, -0.25) is 14.2 Å². The number of aryl methyl sites for hydroxylation is 1. The lowest BCUT2D eigenvalue weighted by Gasteiger charge is -2.18. The number of thiophene rings is 1. The van der Waals surface area contributed by atoms with Crippen LogP contribution in [-0.2, 0) is 17.6 Å². The Morgan fingerprint density at radius 1 is 1.20 bits per heavy atom. The molecule has 0 bridgehead atoms. The number of hydrogen-bond acceptors (Lipinski definition) is 5. The fourth-order valence-electron chi connectivity index (χ4n) is 4.24. The number of carbonyl (C=O) groups is 1. The Hall–Kier alpha value is -2.03. The van der Waals surface area contributed by atoms with E-state index in [9.17, 15) is 9.59 Å². The van der Waals surface area contributed by atoms with Crippen molar-refractivity contribution in [2.24, 2.45) is 5.92 Å². The van der Waals surface area contributed by atoms with E-state index in [2.05, 4.69) is 12.2 Å². The van der Waals surface area contributed by atoms with E-state index in [-0.39, 0.29) is 27.3 Å². The van der Waals surface area contributed by atoms with Crippen molar-refractivity contribution in [2.75, 3.05) is 11.1 Å². The molecule has 0 saturated heterocycles. The summed E-state index contributed by atoms with van der Waals surface area (Å²) < 4.78 is 1.60. The number of amides is 1. The minimum Gasteiger partial charge on any atom is -0.323 e. The lowest BCUT2D eigenvalue weighted by Crippen LogP contribution is -2.23. The van der Waals surface area contributed by atoms with E-state index in [0.29, 0.717) is 32.9 Å². The number of rotatable bonds is 5. The number of thioether (sulfide) groups is 1. The highest BCUT2D eigenvalue weighted by Gasteiger charge is 2.25. The fraction of sp³-hybridized carbons (Fsp3) is 0.240. The molecule has 35 heavy (non-hydrogen) atoms. The molecule has 1 aliphatic rings. The third kappa shape index (κ3) is 4.98. The van der Waals surface area contributed by atoms with Crippen LogP contribution in [0.5, 0.6) is 0 Å². The zero-order valence-corrected chi connectivity index (χ0v) is 22.5. The zero-order valence-electron chi connectivity index (χ0n) is 18.6. The van der Waals surface area contributed by atoms with Gasteiger partial charge in [-0.15, -0.1) is 11.3 Å². The predicted octanol–water partition coefficient (Wildman–Crippen LogP) is 7.26. The second kappa shape index (κ2) is 10.1. The summed E-state index contributed by atoms with van der Waals surface area (Å²) in [6, 6.07) is 12.4. The lowest BCUT2D eigenvalue weighted by molar-refractivity contribution is -0.113. The van der Waals surface area contributed by atoms with Gasteiger partial charge in [0.25, 0.3) is 5.56 Å². The molecule has 2 aromatic carbocycles. The molecule has 1 N–H and O–H groups in total. The minimum atomic E-state index is -0.325. The highest BCUT2D eigenvalue weighted by Crippen LogP contribution is 2.37. The van der Waals surface area contributed by atoms with Crippen molar-refractivity contribution in [1.82, 2.24) is 9.55 Å². The summed E-state index contributed by atoms with van der Waals surface area (Å²) in [5.74, 6) is 0.285. The molecule has 1 unspecified atom stereocenters. The molecular formula is C25H20Cl3N3O2S2. The molecule has 0 radical (unpaired) electrons. The summed E-state index contributed by atoms with van der Waals surface area (Å²) in [5.41, 5.74) is 2.04. The van der Waals surface area contributed by atoms with Crippen LogP contribution in [0.1, 0.15) is 23.8 Å². The van der Waals surface area contributed by atoms with E-state index in [1.54, 1.807) is 15.9 Å². The number of benzene rings is 2. The third-order valence-electron chi connectivity index (χ3n) is 5.92. The van der Waals surface area contributed by atoms with Gasteiger partial charge in [-0.05, 0) is 55.0 Å². The number of nitrogens with zero attached hydrogens (tertiary/aromatic N) is 2. The van der Waals surface area contributed by atoms with Crippen LogP contribution in [0.15, 0.2) is 52.4 Å². The molecule has 0 aliphatic heterocycles. The third-order valence-corrected chi connectivity index (χ3v) is 8.82. The SMILES string of the molecule is CC1CCc2c(sc3nc(SCC(=O)Nc4c(Cl)cc(Cl)cc4Cl)n(-c4ccccc4)c(=O)c23)C1. The van der Waals surface area contributed by atoms with Crippen LogP contribution in [0, 0.1) is 5.92 Å². The summed E-state index contributed by atoms with van der Waals surface area (Å²) in [7, 11) is 0. The molecule has 0 saturated carbocycles. The van der Waals surface area contributed by atoms with Crippen molar-refractivity contribution < 1.29 is 4.79 Å². The first kappa shape index (κ1) is 24.7. The van der Waals surface area contributed by atoms with Gasteiger partial charge in [-0.25, -0.2) is 4.98 Å². The van der Waals surface area contributed by atoms with Gasteiger partial charge in [-0.1, -0.05) is 71.7 Å². The lowest BCUT2D eigenvalue weighted by atomic mass is 9.89. The fourth-order valence-corrected chi connectivity index (χ4v) is 7.39. The van der Waals surface area contributed by atoms with Gasteiger partial charge in [0.1, 0.15) is 4.83 Å². The molecule has 0 fully saturated rings. The average Bonchev–Trinajstić information content (AvgIpc) is 3.18. The summed E-state index contributed by atoms with van der Waals surface area (Å²) in [6.07, 6.45) is 2.92. The minimum absolute atomic E-state index is 0.0161. The molecule has 10 heteroatoms. The number of fused-ring (bicyclic) bond motifs is 3. The van der Waals surface area contributed by atoms with Crippen molar-refractivity contribution in [3.8, 4) is 5.69 Å². The number of para-hydroxylation sites is 1. The Balaban J connectivity index is 1.51. The van der Waals surface area contributed by atoms with Crippen molar-refractivity contribution in [2.45, 2.75) is 31.3 Å². The second-order valence-electron chi connectivity index (χ2n) is 8.48. The maximum Gasteiger partial charge on any atom is 0.267 e. The molecule has 4 aromatic rings. The topological polar surface area (TPSA) is 64.0 Å². The second-order valence-corrected chi connectivity index (χ2v) is 11.8.